The van der Waals surface area contributed by atoms with E-state index in [0.717, 1.165) is 60.7 Å². The highest BCUT2D eigenvalue weighted by molar-refractivity contribution is 6.02. The normalized spacial score (nSPS) is 17.0. The van der Waals surface area contributed by atoms with Crippen LogP contribution >= 0.6 is 0 Å². The van der Waals surface area contributed by atoms with Gasteiger partial charge in [-0.3, -0.25) is 5.41 Å². The van der Waals surface area contributed by atoms with E-state index in [2.05, 4.69) is 69.8 Å². The van der Waals surface area contributed by atoms with E-state index < -0.39 is 0 Å². The van der Waals surface area contributed by atoms with Crippen molar-refractivity contribution in [1.82, 2.24) is 14.1 Å². The van der Waals surface area contributed by atoms with Crippen molar-refractivity contribution in [2.75, 3.05) is 13.2 Å². The molecule has 168 valence electrons. The molecule has 0 amide bonds. The topological polar surface area (TPSA) is 55.8 Å². The maximum atomic E-state index is 9.34. The van der Waals surface area contributed by atoms with Crippen LogP contribution in [0.25, 0.3) is 33.4 Å². The average molecular weight is 439 g/mol. The second-order valence-corrected chi connectivity index (χ2v) is 9.38. The van der Waals surface area contributed by atoms with Crippen molar-refractivity contribution < 1.29 is 4.74 Å². The number of aromatic nitrogens is 3. The van der Waals surface area contributed by atoms with Crippen molar-refractivity contribution in [1.29, 1.82) is 5.41 Å². The van der Waals surface area contributed by atoms with Crippen molar-refractivity contribution in [2.24, 2.45) is 5.92 Å². The molecule has 1 saturated heterocycles. The molecule has 1 aliphatic carbocycles. The first-order valence-electron chi connectivity index (χ1n) is 12.2. The van der Waals surface area contributed by atoms with Crippen LogP contribution in [-0.4, -0.2) is 27.3 Å². The Morgan fingerprint density at radius 2 is 1.55 bits per heavy atom. The maximum Gasteiger partial charge on any atom is 0.146 e. The molecule has 1 N–H and O–H groups in total. The zero-order chi connectivity index (χ0) is 22.2. The van der Waals surface area contributed by atoms with Crippen LogP contribution < -0.4 is 5.49 Å². The molecule has 0 atom stereocenters. The van der Waals surface area contributed by atoms with Gasteiger partial charge in [0.05, 0.1) is 17.4 Å². The molecule has 2 aromatic heterocycles. The minimum Gasteiger partial charge on any atom is -0.381 e. The van der Waals surface area contributed by atoms with E-state index in [0.29, 0.717) is 5.49 Å². The number of nitrogens with one attached hydrogen (secondary N) is 1. The molecule has 2 fully saturated rings. The van der Waals surface area contributed by atoms with Gasteiger partial charge in [-0.05, 0) is 36.3 Å². The van der Waals surface area contributed by atoms with Gasteiger partial charge in [0.1, 0.15) is 11.1 Å². The summed E-state index contributed by atoms with van der Waals surface area (Å²) < 4.78 is 10.1. The Morgan fingerprint density at radius 3 is 2.21 bits per heavy atom. The van der Waals surface area contributed by atoms with E-state index in [9.17, 15) is 5.41 Å². The van der Waals surface area contributed by atoms with Crippen molar-refractivity contribution >= 4 is 11.0 Å². The van der Waals surface area contributed by atoms with Gasteiger partial charge < -0.3 is 13.9 Å². The number of ether oxygens (including phenoxy) is 1. The summed E-state index contributed by atoms with van der Waals surface area (Å²) in [7, 11) is 0. The smallest absolute Gasteiger partial charge is 0.146 e. The molecule has 0 spiro atoms. The average Bonchev–Trinajstić information content (AvgIpc) is 3.65. The van der Waals surface area contributed by atoms with Crippen LogP contribution in [0.1, 0.15) is 38.1 Å². The lowest BCUT2D eigenvalue weighted by Crippen LogP contribution is -2.29. The molecule has 4 aromatic rings. The first-order valence-corrected chi connectivity index (χ1v) is 12.2. The molecule has 5 nitrogen and oxygen atoms in total. The predicted octanol–water partition coefficient (Wildman–Crippen LogP) is 5.80. The molecule has 5 heteroatoms. The SMILES string of the molecule is N=c1c2c(-c3ccccc3)c(-c3ccccc3)n(CCC3CC3)c2ncn1C1CCOCC1. The zero-order valence-corrected chi connectivity index (χ0v) is 18.9. The minimum absolute atomic E-state index is 0.266. The van der Waals surface area contributed by atoms with Crippen LogP contribution in [0.3, 0.4) is 0 Å². The van der Waals surface area contributed by atoms with Gasteiger partial charge in [-0.2, -0.15) is 0 Å². The Morgan fingerprint density at radius 1 is 0.879 bits per heavy atom. The van der Waals surface area contributed by atoms with E-state index in [1.54, 1.807) is 0 Å². The fourth-order valence-corrected chi connectivity index (χ4v) is 5.23. The summed E-state index contributed by atoms with van der Waals surface area (Å²) in [5.74, 6) is 0.831. The predicted molar refractivity (Wildman–Crippen MR) is 131 cm³/mol. The Labute approximate surface area is 194 Å². The van der Waals surface area contributed by atoms with Gasteiger partial charge >= 0.3 is 0 Å². The molecular formula is C28H30N4O. The Hall–Kier alpha value is -3.18. The molecule has 1 aliphatic heterocycles. The highest BCUT2D eigenvalue weighted by atomic mass is 16.5. The highest BCUT2D eigenvalue weighted by Gasteiger charge is 2.27. The van der Waals surface area contributed by atoms with E-state index in [1.165, 1.54) is 30.5 Å². The summed E-state index contributed by atoms with van der Waals surface area (Å²) >= 11 is 0. The fourth-order valence-electron chi connectivity index (χ4n) is 5.23. The number of benzene rings is 2. The van der Waals surface area contributed by atoms with Crippen molar-refractivity contribution in [2.45, 2.75) is 44.7 Å². The van der Waals surface area contributed by atoms with Gasteiger partial charge in [-0.1, -0.05) is 73.5 Å². The molecule has 33 heavy (non-hydrogen) atoms. The quantitative estimate of drug-likeness (QED) is 0.413. The summed E-state index contributed by atoms with van der Waals surface area (Å²) in [6, 6.07) is 21.5. The molecular weight excluding hydrogens is 408 g/mol. The van der Waals surface area contributed by atoms with Gasteiger partial charge in [0.25, 0.3) is 0 Å². The number of nitrogens with zero attached hydrogens (tertiary/aromatic N) is 3. The van der Waals surface area contributed by atoms with Crippen LogP contribution in [0, 0.1) is 11.3 Å². The van der Waals surface area contributed by atoms with E-state index in [-0.39, 0.29) is 6.04 Å². The molecule has 0 unspecified atom stereocenters. The summed E-state index contributed by atoms with van der Waals surface area (Å²) in [6.07, 6.45) is 7.61. The third kappa shape index (κ3) is 3.80. The third-order valence-electron chi connectivity index (χ3n) is 7.19. The lowest BCUT2D eigenvalue weighted by atomic mass is 9.99. The first kappa shape index (κ1) is 20.4. The summed E-state index contributed by atoms with van der Waals surface area (Å²) in [6.45, 7) is 2.43. The van der Waals surface area contributed by atoms with Crippen LogP contribution in [-0.2, 0) is 11.3 Å². The Kier molecular flexibility index (Phi) is 5.35. The molecule has 3 heterocycles. The zero-order valence-electron chi connectivity index (χ0n) is 18.9. The summed E-state index contributed by atoms with van der Waals surface area (Å²) in [4.78, 5) is 5.01. The van der Waals surface area contributed by atoms with Gasteiger partial charge in [0, 0.05) is 31.4 Å². The highest BCUT2D eigenvalue weighted by Crippen LogP contribution is 2.41. The van der Waals surface area contributed by atoms with Gasteiger partial charge in [-0.25, -0.2) is 4.98 Å². The minimum atomic E-state index is 0.266. The number of aryl methyl sites for hydroxylation is 1. The Balaban J connectivity index is 1.64. The number of rotatable bonds is 6. The first-order chi connectivity index (χ1) is 16.3. The fraction of sp³-hybridized carbons (Fsp3) is 0.357. The largest absolute Gasteiger partial charge is 0.381 e. The second-order valence-electron chi connectivity index (χ2n) is 9.38. The lowest BCUT2D eigenvalue weighted by Gasteiger charge is -2.24. The third-order valence-corrected chi connectivity index (χ3v) is 7.19. The van der Waals surface area contributed by atoms with Crippen molar-refractivity contribution in [3.8, 4) is 22.4 Å². The molecule has 2 aliphatic rings. The standard InChI is InChI=1S/C28H30N4O/c29-27-25-24(21-7-3-1-4-8-21)26(22-9-5-2-6-10-22)31(16-13-20-11-12-20)28(25)30-19-32(27)23-14-17-33-18-15-23/h1-10,19-20,23,29H,11-18H2. The molecule has 2 aromatic carbocycles. The molecule has 6 rings (SSSR count). The maximum absolute atomic E-state index is 9.34. The van der Waals surface area contributed by atoms with Crippen LogP contribution in [0.5, 0.6) is 0 Å². The van der Waals surface area contributed by atoms with Crippen LogP contribution in [0.4, 0.5) is 0 Å². The van der Waals surface area contributed by atoms with Gasteiger partial charge in [-0.15, -0.1) is 0 Å². The number of hydrogen-bond donors (Lipinski definition) is 1. The van der Waals surface area contributed by atoms with E-state index >= 15 is 0 Å². The molecule has 0 radical (unpaired) electrons. The Bertz CT molecular complexity index is 1310. The van der Waals surface area contributed by atoms with E-state index in [1.807, 2.05) is 6.33 Å². The molecule has 1 saturated carbocycles. The number of fused-ring (bicyclic) bond motifs is 1. The van der Waals surface area contributed by atoms with Gasteiger partial charge in [0.15, 0.2) is 0 Å². The molecule has 0 bridgehead atoms. The van der Waals surface area contributed by atoms with Crippen molar-refractivity contribution in [3.63, 3.8) is 0 Å². The van der Waals surface area contributed by atoms with Crippen LogP contribution in [0.15, 0.2) is 67.0 Å². The summed E-state index contributed by atoms with van der Waals surface area (Å²) in [5, 5.41) is 10.3. The van der Waals surface area contributed by atoms with Crippen LogP contribution in [0.2, 0.25) is 0 Å². The monoisotopic (exact) mass is 438 g/mol. The van der Waals surface area contributed by atoms with E-state index in [4.69, 9.17) is 9.72 Å². The van der Waals surface area contributed by atoms with Crippen molar-refractivity contribution in [3.05, 3.63) is 72.5 Å². The second kappa shape index (κ2) is 8.64. The number of hydrogen-bond acceptors (Lipinski definition) is 3. The lowest BCUT2D eigenvalue weighted by molar-refractivity contribution is 0.0682. The summed E-state index contributed by atoms with van der Waals surface area (Å²) in [5.41, 5.74) is 6.14. The van der Waals surface area contributed by atoms with Gasteiger partial charge in [0.2, 0.25) is 0 Å².